The van der Waals surface area contributed by atoms with E-state index in [1.807, 2.05) is 66.1 Å². The summed E-state index contributed by atoms with van der Waals surface area (Å²) >= 11 is 0. The molecule has 4 nitrogen and oxygen atoms in total. The van der Waals surface area contributed by atoms with Crippen molar-refractivity contribution < 1.29 is 4.42 Å². The second kappa shape index (κ2) is 4.59. The molecule has 4 heteroatoms. The van der Waals surface area contributed by atoms with Crippen LogP contribution < -0.4 is 0 Å². The number of para-hydroxylation sites is 1. The summed E-state index contributed by atoms with van der Waals surface area (Å²) in [5.74, 6) is 2.38. The smallest absolute Gasteiger partial charge is 0.183 e. The van der Waals surface area contributed by atoms with E-state index in [1.54, 1.807) is 6.20 Å². The maximum atomic E-state index is 5.75. The van der Waals surface area contributed by atoms with Crippen LogP contribution in [0.4, 0.5) is 0 Å². The highest BCUT2D eigenvalue weighted by Crippen LogP contribution is 2.28. The predicted octanol–water partition coefficient (Wildman–Crippen LogP) is 3.99. The van der Waals surface area contributed by atoms with Crippen LogP contribution >= 0.6 is 0 Å². The predicted molar refractivity (Wildman–Crippen MR) is 81.3 cm³/mol. The number of pyridine rings is 1. The summed E-state index contributed by atoms with van der Waals surface area (Å²) in [7, 11) is 0. The van der Waals surface area contributed by atoms with Crippen molar-refractivity contribution in [1.29, 1.82) is 0 Å². The largest absolute Gasteiger partial charge is 0.458 e. The average molecular weight is 275 g/mol. The monoisotopic (exact) mass is 275 g/mol. The third-order valence-electron chi connectivity index (χ3n) is 3.39. The minimum absolute atomic E-state index is 0.745. The lowest BCUT2D eigenvalue weighted by Crippen LogP contribution is -1.97. The fourth-order valence-electron chi connectivity index (χ4n) is 2.45. The van der Waals surface area contributed by atoms with Crippen molar-refractivity contribution in [3.05, 3.63) is 66.6 Å². The third-order valence-corrected chi connectivity index (χ3v) is 3.39. The van der Waals surface area contributed by atoms with Crippen LogP contribution in [0.5, 0.6) is 0 Å². The van der Waals surface area contributed by atoms with Crippen molar-refractivity contribution in [1.82, 2.24) is 14.5 Å². The molecule has 0 radical (unpaired) electrons. The maximum Gasteiger partial charge on any atom is 0.183 e. The minimum atomic E-state index is 0.745. The summed E-state index contributed by atoms with van der Waals surface area (Å²) < 4.78 is 7.77. The molecule has 3 heterocycles. The Labute approximate surface area is 121 Å². The van der Waals surface area contributed by atoms with E-state index in [1.165, 1.54) is 0 Å². The number of nitrogens with zero attached hydrogens (tertiary/aromatic N) is 3. The number of furan rings is 1. The highest BCUT2D eigenvalue weighted by atomic mass is 16.3. The van der Waals surface area contributed by atoms with Gasteiger partial charge in [0, 0.05) is 11.9 Å². The third kappa shape index (κ3) is 1.92. The molecule has 0 unspecified atom stereocenters. The van der Waals surface area contributed by atoms with E-state index in [0.717, 1.165) is 34.2 Å². The zero-order valence-corrected chi connectivity index (χ0v) is 11.5. The molecule has 0 amide bonds. The van der Waals surface area contributed by atoms with Gasteiger partial charge < -0.3 is 4.42 Å². The highest BCUT2D eigenvalue weighted by Gasteiger charge is 2.17. The van der Waals surface area contributed by atoms with Crippen LogP contribution in [0.25, 0.3) is 28.4 Å². The molecule has 0 aliphatic rings. The zero-order valence-electron chi connectivity index (χ0n) is 11.5. The second-order valence-corrected chi connectivity index (χ2v) is 4.86. The number of aromatic nitrogens is 3. The molecule has 21 heavy (non-hydrogen) atoms. The molecule has 0 N–H and O–H groups in total. The molecule has 0 atom stereocenters. The molecule has 0 aliphatic carbocycles. The van der Waals surface area contributed by atoms with Crippen LogP contribution in [0.2, 0.25) is 0 Å². The van der Waals surface area contributed by atoms with Gasteiger partial charge in [0.1, 0.15) is 11.3 Å². The average Bonchev–Trinajstić information content (AvgIpc) is 3.11. The van der Waals surface area contributed by atoms with Crippen LogP contribution in [-0.4, -0.2) is 14.5 Å². The number of hydrogen-bond acceptors (Lipinski definition) is 3. The quantitative estimate of drug-likeness (QED) is 0.555. The van der Waals surface area contributed by atoms with Gasteiger partial charge in [-0.2, -0.15) is 0 Å². The fraction of sp³-hybridized carbons (Fsp3) is 0.0588. The molecular formula is C17H13N3O. The van der Waals surface area contributed by atoms with E-state index < -0.39 is 0 Å². The first-order chi connectivity index (χ1) is 10.3. The van der Waals surface area contributed by atoms with Crippen molar-refractivity contribution in [3.8, 4) is 17.3 Å². The van der Waals surface area contributed by atoms with Crippen LogP contribution in [0, 0.1) is 6.92 Å². The SMILES string of the molecule is Cc1ccc(-c2nc3cccnc3n2-c2ccccc2)o1. The normalized spacial score (nSPS) is 11.1. The first-order valence-corrected chi connectivity index (χ1v) is 6.78. The first kappa shape index (κ1) is 11.9. The van der Waals surface area contributed by atoms with Gasteiger partial charge in [0.25, 0.3) is 0 Å². The van der Waals surface area contributed by atoms with Crippen molar-refractivity contribution in [3.63, 3.8) is 0 Å². The maximum absolute atomic E-state index is 5.75. The van der Waals surface area contributed by atoms with Gasteiger partial charge >= 0.3 is 0 Å². The standard InChI is InChI=1S/C17H13N3O/c1-12-9-10-15(21-12)17-19-14-8-5-11-18-16(14)20(17)13-6-3-2-4-7-13/h2-11H,1H3. The summed E-state index contributed by atoms with van der Waals surface area (Å²) in [4.78, 5) is 9.15. The Morgan fingerprint density at radius 2 is 1.81 bits per heavy atom. The van der Waals surface area contributed by atoms with Crippen LogP contribution in [0.3, 0.4) is 0 Å². The molecule has 0 bridgehead atoms. The number of hydrogen-bond donors (Lipinski definition) is 0. The lowest BCUT2D eigenvalue weighted by atomic mass is 10.3. The van der Waals surface area contributed by atoms with E-state index in [4.69, 9.17) is 4.42 Å². The molecule has 0 saturated heterocycles. The minimum Gasteiger partial charge on any atom is -0.458 e. The van der Waals surface area contributed by atoms with Crippen molar-refractivity contribution in [2.45, 2.75) is 6.92 Å². The Morgan fingerprint density at radius 1 is 0.952 bits per heavy atom. The van der Waals surface area contributed by atoms with E-state index in [2.05, 4.69) is 9.97 Å². The summed E-state index contributed by atoms with van der Waals surface area (Å²) in [6.45, 7) is 1.93. The Bertz CT molecular complexity index is 906. The Kier molecular flexibility index (Phi) is 2.60. The zero-order chi connectivity index (χ0) is 14.2. The van der Waals surface area contributed by atoms with E-state index in [0.29, 0.717) is 0 Å². The lowest BCUT2D eigenvalue weighted by Gasteiger charge is -2.06. The van der Waals surface area contributed by atoms with Crippen molar-refractivity contribution in [2.24, 2.45) is 0 Å². The lowest BCUT2D eigenvalue weighted by molar-refractivity contribution is 0.543. The van der Waals surface area contributed by atoms with Gasteiger partial charge in [0.2, 0.25) is 0 Å². The van der Waals surface area contributed by atoms with Crippen LogP contribution in [0.15, 0.2) is 65.2 Å². The summed E-state index contributed by atoms with van der Waals surface area (Å²) in [6.07, 6.45) is 1.78. The molecule has 4 aromatic rings. The number of imidazole rings is 1. The Hall–Kier alpha value is -2.88. The molecule has 4 rings (SSSR count). The Morgan fingerprint density at radius 3 is 2.57 bits per heavy atom. The topological polar surface area (TPSA) is 43.9 Å². The molecule has 102 valence electrons. The van der Waals surface area contributed by atoms with Gasteiger partial charge in [-0.1, -0.05) is 18.2 Å². The molecule has 0 saturated carbocycles. The van der Waals surface area contributed by atoms with Gasteiger partial charge in [-0.25, -0.2) is 9.97 Å². The van der Waals surface area contributed by atoms with E-state index >= 15 is 0 Å². The number of fused-ring (bicyclic) bond motifs is 1. The van der Waals surface area contributed by atoms with Crippen LogP contribution in [0.1, 0.15) is 5.76 Å². The first-order valence-electron chi connectivity index (χ1n) is 6.78. The second-order valence-electron chi connectivity index (χ2n) is 4.86. The molecule has 0 aliphatic heterocycles. The summed E-state index contributed by atoms with van der Waals surface area (Å²) in [5.41, 5.74) is 2.70. The van der Waals surface area contributed by atoms with E-state index in [-0.39, 0.29) is 0 Å². The molecule has 1 aromatic carbocycles. The molecule has 3 aromatic heterocycles. The van der Waals surface area contributed by atoms with Crippen molar-refractivity contribution in [2.75, 3.05) is 0 Å². The molecule has 0 spiro atoms. The molecule has 0 fully saturated rings. The number of rotatable bonds is 2. The van der Waals surface area contributed by atoms with Gasteiger partial charge in [-0.3, -0.25) is 4.57 Å². The van der Waals surface area contributed by atoms with Gasteiger partial charge in [0.05, 0.1) is 0 Å². The van der Waals surface area contributed by atoms with Crippen molar-refractivity contribution >= 4 is 11.2 Å². The summed E-state index contributed by atoms with van der Waals surface area (Å²) in [5, 5.41) is 0. The van der Waals surface area contributed by atoms with Gasteiger partial charge in [-0.15, -0.1) is 0 Å². The molecular weight excluding hydrogens is 262 g/mol. The van der Waals surface area contributed by atoms with Gasteiger partial charge in [0.15, 0.2) is 17.2 Å². The summed E-state index contributed by atoms with van der Waals surface area (Å²) in [6, 6.07) is 17.8. The van der Waals surface area contributed by atoms with Crippen LogP contribution in [-0.2, 0) is 0 Å². The Balaban J connectivity index is 2.06. The van der Waals surface area contributed by atoms with E-state index in [9.17, 15) is 0 Å². The van der Waals surface area contributed by atoms with Gasteiger partial charge in [-0.05, 0) is 43.3 Å². The number of benzene rings is 1. The fourth-order valence-corrected chi connectivity index (χ4v) is 2.45. The highest BCUT2D eigenvalue weighted by molar-refractivity contribution is 5.78. The number of aryl methyl sites for hydroxylation is 1.